The maximum absolute atomic E-state index is 5.76. The maximum atomic E-state index is 5.76. The zero-order valence-electron chi connectivity index (χ0n) is 10.9. The van der Waals surface area contributed by atoms with Gasteiger partial charge in [0.15, 0.2) is 0 Å². The van der Waals surface area contributed by atoms with E-state index in [0.29, 0.717) is 31.7 Å². The fourth-order valence-corrected chi connectivity index (χ4v) is 3.68. The molecule has 0 unspecified atom stereocenters. The summed E-state index contributed by atoms with van der Waals surface area (Å²) < 4.78 is 27.1. The molecular weight excluding hydrogens is 264 g/mol. The lowest BCUT2D eigenvalue weighted by molar-refractivity contribution is -0.0732. The lowest BCUT2D eigenvalue weighted by Crippen LogP contribution is -2.47. The van der Waals surface area contributed by atoms with Crippen molar-refractivity contribution in [1.82, 2.24) is 0 Å². The molecule has 0 saturated carbocycles. The van der Waals surface area contributed by atoms with Gasteiger partial charge in [-0.05, 0) is 20.8 Å². The third kappa shape index (κ3) is 8.09. The summed E-state index contributed by atoms with van der Waals surface area (Å²) in [7, 11) is -2.75. The minimum atomic E-state index is -2.75. The Morgan fingerprint density at radius 2 is 1.35 bits per heavy atom. The van der Waals surface area contributed by atoms with Crippen LogP contribution in [0.3, 0.4) is 0 Å². The molecule has 0 aliphatic carbocycles. The van der Waals surface area contributed by atoms with E-state index in [1.54, 1.807) is 0 Å². The van der Waals surface area contributed by atoms with Crippen LogP contribution in [0.4, 0.5) is 0 Å². The van der Waals surface area contributed by atoms with Crippen molar-refractivity contribution in [3.05, 3.63) is 0 Å². The molecule has 17 heavy (non-hydrogen) atoms. The average molecular weight is 287 g/mol. The van der Waals surface area contributed by atoms with Crippen molar-refractivity contribution in [3.8, 4) is 0 Å². The number of alkyl halides is 1. The molecule has 5 nitrogen and oxygen atoms in total. The van der Waals surface area contributed by atoms with Crippen molar-refractivity contribution in [3.63, 3.8) is 0 Å². The van der Waals surface area contributed by atoms with E-state index in [1.807, 2.05) is 20.8 Å². The minimum Gasteiger partial charge on any atom is -0.374 e. The Labute approximate surface area is 110 Å². The van der Waals surface area contributed by atoms with Crippen LogP contribution >= 0.6 is 11.6 Å². The monoisotopic (exact) mass is 286 g/mol. The zero-order valence-corrected chi connectivity index (χ0v) is 12.6. The first-order valence-corrected chi connectivity index (χ1v) is 8.34. The SMILES string of the molecule is CCOCO[Si](CCCl)(OCC)OCOCC. The van der Waals surface area contributed by atoms with E-state index in [1.165, 1.54) is 0 Å². The van der Waals surface area contributed by atoms with Gasteiger partial charge in [0.05, 0.1) is 0 Å². The van der Waals surface area contributed by atoms with Crippen molar-refractivity contribution in [2.24, 2.45) is 0 Å². The molecule has 0 atom stereocenters. The molecular formula is C10H23ClO5Si. The Kier molecular flexibility index (Phi) is 11.6. The normalized spacial score (nSPS) is 12.0. The van der Waals surface area contributed by atoms with E-state index < -0.39 is 8.80 Å². The van der Waals surface area contributed by atoms with Crippen LogP contribution in [0.2, 0.25) is 6.04 Å². The second kappa shape index (κ2) is 11.4. The average Bonchev–Trinajstić information content (AvgIpc) is 2.30. The summed E-state index contributed by atoms with van der Waals surface area (Å²) in [6.45, 7) is 7.69. The molecule has 0 rings (SSSR count). The molecule has 0 bridgehead atoms. The molecule has 104 valence electrons. The van der Waals surface area contributed by atoms with Crippen LogP contribution in [-0.4, -0.2) is 48.1 Å². The van der Waals surface area contributed by atoms with Gasteiger partial charge in [0.25, 0.3) is 0 Å². The smallest absolute Gasteiger partial charge is 0.374 e. The molecule has 0 aromatic rings. The standard InChI is InChI=1S/C10H23ClO5Si/c1-4-12-9-15-17(8-7-11,14-6-3)16-10-13-5-2/h4-10H2,1-3H3. The second-order valence-corrected chi connectivity index (χ2v) is 6.17. The Balaban J connectivity index is 4.25. The molecule has 0 aromatic heterocycles. The maximum Gasteiger partial charge on any atom is 0.505 e. The highest BCUT2D eigenvalue weighted by Crippen LogP contribution is 2.17. The minimum absolute atomic E-state index is 0.158. The fourth-order valence-electron chi connectivity index (χ4n) is 1.11. The van der Waals surface area contributed by atoms with Gasteiger partial charge in [0.1, 0.15) is 13.6 Å². The third-order valence-corrected chi connectivity index (χ3v) is 5.11. The van der Waals surface area contributed by atoms with Crippen LogP contribution in [-0.2, 0) is 22.8 Å². The van der Waals surface area contributed by atoms with Crippen LogP contribution in [0, 0.1) is 0 Å². The Hall–Kier alpha value is 0.307. The summed E-state index contributed by atoms with van der Waals surface area (Å²) in [5.41, 5.74) is 0. The molecule has 7 heteroatoms. The lowest BCUT2D eigenvalue weighted by atomic mass is 10.9. The highest BCUT2D eigenvalue weighted by molar-refractivity contribution is 6.61. The summed E-state index contributed by atoms with van der Waals surface area (Å²) in [4.78, 5) is 0. The molecule has 0 N–H and O–H groups in total. The molecule has 0 spiro atoms. The highest BCUT2D eigenvalue weighted by atomic mass is 35.5. The van der Waals surface area contributed by atoms with Crippen LogP contribution in [0.25, 0.3) is 0 Å². The summed E-state index contributed by atoms with van der Waals surface area (Å²) in [6.07, 6.45) is 0. The number of halogens is 1. The number of ether oxygens (including phenoxy) is 2. The first kappa shape index (κ1) is 17.3. The molecule has 0 fully saturated rings. The van der Waals surface area contributed by atoms with Crippen molar-refractivity contribution < 1.29 is 22.8 Å². The van der Waals surface area contributed by atoms with Crippen LogP contribution < -0.4 is 0 Å². The molecule has 0 saturated heterocycles. The number of hydrogen-bond acceptors (Lipinski definition) is 5. The van der Waals surface area contributed by atoms with Crippen molar-refractivity contribution in [2.45, 2.75) is 26.8 Å². The van der Waals surface area contributed by atoms with Crippen molar-refractivity contribution >= 4 is 20.4 Å². The molecule has 0 heterocycles. The summed E-state index contributed by atoms with van der Waals surface area (Å²) in [5.74, 6) is 0.421. The molecule has 0 amide bonds. The van der Waals surface area contributed by atoms with Gasteiger partial charge in [-0.25, -0.2) is 0 Å². The van der Waals surface area contributed by atoms with Crippen LogP contribution in [0.5, 0.6) is 0 Å². The Morgan fingerprint density at radius 1 is 0.824 bits per heavy atom. The summed E-state index contributed by atoms with van der Waals surface area (Å²) in [5, 5.41) is 0. The predicted octanol–water partition coefficient (Wildman–Crippen LogP) is 2.22. The zero-order chi connectivity index (χ0) is 13.0. The highest BCUT2D eigenvalue weighted by Gasteiger charge is 2.40. The van der Waals surface area contributed by atoms with Gasteiger partial charge in [-0.1, -0.05) is 0 Å². The third-order valence-electron chi connectivity index (χ3n) is 1.90. The van der Waals surface area contributed by atoms with E-state index in [4.69, 9.17) is 34.4 Å². The summed E-state index contributed by atoms with van der Waals surface area (Å²) in [6, 6.07) is 0.544. The van der Waals surface area contributed by atoms with Crippen LogP contribution in [0.1, 0.15) is 20.8 Å². The molecule has 0 aromatic carbocycles. The fraction of sp³-hybridized carbons (Fsp3) is 1.00. The van der Waals surface area contributed by atoms with E-state index in [0.717, 1.165) is 0 Å². The Bertz CT molecular complexity index is 155. The van der Waals surface area contributed by atoms with E-state index in [9.17, 15) is 0 Å². The molecule has 0 aliphatic heterocycles. The first-order valence-electron chi connectivity index (χ1n) is 5.88. The van der Waals surface area contributed by atoms with Crippen LogP contribution in [0.15, 0.2) is 0 Å². The van der Waals surface area contributed by atoms with Gasteiger partial charge >= 0.3 is 8.80 Å². The molecule has 0 radical (unpaired) electrons. The molecule has 0 aliphatic rings. The first-order chi connectivity index (χ1) is 8.24. The number of hydrogen-bond donors (Lipinski definition) is 0. The van der Waals surface area contributed by atoms with Gasteiger partial charge in [-0.15, -0.1) is 11.6 Å². The predicted molar refractivity (Wildman–Crippen MR) is 68.1 cm³/mol. The van der Waals surface area contributed by atoms with Gasteiger partial charge in [-0.3, -0.25) is 0 Å². The van der Waals surface area contributed by atoms with Gasteiger partial charge in [0, 0.05) is 31.7 Å². The van der Waals surface area contributed by atoms with E-state index in [2.05, 4.69) is 0 Å². The topological polar surface area (TPSA) is 46.2 Å². The van der Waals surface area contributed by atoms with E-state index >= 15 is 0 Å². The van der Waals surface area contributed by atoms with Crippen molar-refractivity contribution in [1.29, 1.82) is 0 Å². The van der Waals surface area contributed by atoms with Crippen molar-refractivity contribution in [2.75, 3.05) is 39.3 Å². The summed E-state index contributed by atoms with van der Waals surface area (Å²) >= 11 is 5.76. The Morgan fingerprint density at radius 3 is 1.71 bits per heavy atom. The second-order valence-electron chi connectivity index (χ2n) is 3.06. The number of rotatable bonds is 12. The van der Waals surface area contributed by atoms with E-state index in [-0.39, 0.29) is 13.6 Å². The lowest BCUT2D eigenvalue weighted by Gasteiger charge is -2.28. The van der Waals surface area contributed by atoms with Gasteiger partial charge in [0.2, 0.25) is 0 Å². The largest absolute Gasteiger partial charge is 0.505 e. The van der Waals surface area contributed by atoms with Gasteiger partial charge < -0.3 is 22.8 Å². The van der Waals surface area contributed by atoms with Gasteiger partial charge in [-0.2, -0.15) is 0 Å². The quantitative estimate of drug-likeness (QED) is 0.238.